The van der Waals surface area contributed by atoms with Crippen molar-refractivity contribution in [1.29, 1.82) is 0 Å². The fourth-order valence-electron chi connectivity index (χ4n) is 2.55. The van der Waals surface area contributed by atoms with Gasteiger partial charge in [0.15, 0.2) is 0 Å². The molecule has 17 heavy (non-hydrogen) atoms. The maximum absolute atomic E-state index is 10.5. The molecule has 1 rings (SSSR count). The van der Waals surface area contributed by atoms with Crippen molar-refractivity contribution < 1.29 is 9.90 Å². The number of hydrogen-bond donors (Lipinski definition) is 1. The van der Waals surface area contributed by atoms with E-state index < -0.39 is 5.97 Å². The summed E-state index contributed by atoms with van der Waals surface area (Å²) >= 11 is 0. The molecule has 1 N–H and O–H groups in total. The Hall–Kier alpha value is -0.610. The van der Waals surface area contributed by atoms with Gasteiger partial charge in [0.05, 0.1) is 0 Å². The van der Waals surface area contributed by atoms with Crippen molar-refractivity contribution in [3.8, 4) is 0 Å². The van der Waals surface area contributed by atoms with Crippen LogP contribution in [0, 0.1) is 5.92 Å². The number of rotatable bonds is 8. The summed E-state index contributed by atoms with van der Waals surface area (Å²) in [4.78, 5) is 15.4. The van der Waals surface area contributed by atoms with Gasteiger partial charge in [-0.2, -0.15) is 0 Å². The lowest BCUT2D eigenvalue weighted by Gasteiger charge is -2.24. The number of aliphatic carboxylic acids is 1. The molecule has 0 aromatic heterocycles. The Morgan fingerprint density at radius 1 is 1.47 bits per heavy atom. The van der Waals surface area contributed by atoms with Crippen LogP contribution in [0.5, 0.6) is 0 Å². The lowest BCUT2D eigenvalue weighted by atomic mass is 10.1. The molecular weight excluding hydrogens is 216 g/mol. The molecule has 0 spiro atoms. The Balaban J connectivity index is 2.20. The summed E-state index contributed by atoms with van der Waals surface area (Å²) in [6, 6.07) is 0. The number of carboxylic acid groups (broad SMARTS) is 1. The van der Waals surface area contributed by atoms with Crippen molar-refractivity contribution in [2.24, 2.45) is 5.92 Å². The molecular formula is C13H26N2O2. The van der Waals surface area contributed by atoms with Gasteiger partial charge in [-0.3, -0.25) is 4.79 Å². The molecule has 0 aromatic carbocycles. The van der Waals surface area contributed by atoms with Crippen LogP contribution in [0.15, 0.2) is 0 Å². The zero-order chi connectivity index (χ0) is 12.7. The summed E-state index contributed by atoms with van der Waals surface area (Å²) in [5.41, 5.74) is 0. The van der Waals surface area contributed by atoms with Gasteiger partial charge >= 0.3 is 5.97 Å². The van der Waals surface area contributed by atoms with E-state index in [1.807, 2.05) is 0 Å². The summed E-state index contributed by atoms with van der Waals surface area (Å²) < 4.78 is 0. The molecule has 1 saturated heterocycles. The predicted molar refractivity (Wildman–Crippen MR) is 69.2 cm³/mol. The summed E-state index contributed by atoms with van der Waals surface area (Å²) in [6.07, 6.45) is 2.36. The number of likely N-dealkylation sites (tertiary alicyclic amines) is 1. The zero-order valence-electron chi connectivity index (χ0n) is 11.2. The average Bonchev–Trinajstić information content (AvgIpc) is 2.75. The molecule has 0 radical (unpaired) electrons. The molecule has 0 aromatic rings. The Bertz CT molecular complexity index is 233. The van der Waals surface area contributed by atoms with Gasteiger partial charge in [0, 0.05) is 19.5 Å². The molecule has 0 amide bonds. The number of carboxylic acids is 1. The second-order valence-electron chi connectivity index (χ2n) is 4.94. The van der Waals surface area contributed by atoms with E-state index in [9.17, 15) is 4.79 Å². The van der Waals surface area contributed by atoms with E-state index in [0.29, 0.717) is 6.42 Å². The molecule has 0 saturated carbocycles. The van der Waals surface area contributed by atoms with E-state index in [1.165, 1.54) is 19.5 Å². The molecule has 4 nitrogen and oxygen atoms in total. The first-order valence-electron chi connectivity index (χ1n) is 6.82. The van der Waals surface area contributed by atoms with Crippen LogP contribution in [0.4, 0.5) is 0 Å². The maximum atomic E-state index is 10.5. The molecule has 100 valence electrons. The van der Waals surface area contributed by atoms with Crippen molar-refractivity contribution in [2.75, 3.05) is 39.3 Å². The van der Waals surface area contributed by atoms with Crippen LogP contribution in [-0.2, 0) is 4.79 Å². The fourth-order valence-corrected chi connectivity index (χ4v) is 2.55. The van der Waals surface area contributed by atoms with Gasteiger partial charge in [0.1, 0.15) is 0 Å². The molecule has 1 aliphatic heterocycles. The van der Waals surface area contributed by atoms with Crippen molar-refractivity contribution in [1.82, 2.24) is 9.80 Å². The fraction of sp³-hybridized carbons (Fsp3) is 0.923. The first-order chi connectivity index (χ1) is 8.15. The predicted octanol–water partition coefficient (Wildman–Crippen LogP) is 1.51. The monoisotopic (exact) mass is 242 g/mol. The number of carbonyl (C=O) groups is 1. The van der Waals surface area contributed by atoms with Gasteiger partial charge in [-0.25, -0.2) is 0 Å². The lowest BCUT2D eigenvalue weighted by Crippen LogP contribution is -2.32. The van der Waals surface area contributed by atoms with Crippen LogP contribution < -0.4 is 0 Å². The lowest BCUT2D eigenvalue weighted by molar-refractivity contribution is -0.137. The minimum Gasteiger partial charge on any atom is -0.481 e. The summed E-state index contributed by atoms with van der Waals surface area (Å²) in [6.45, 7) is 11.1. The molecule has 1 heterocycles. The van der Waals surface area contributed by atoms with Crippen molar-refractivity contribution >= 4 is 5.97 Å². The third-order valence-corrected chi connectivity index (χ3v) is 3.65. The maximum Gasteiger partial charge on any atom is 0.303 e. The van der Waals surface area contributed by atoms with E-state index in [0.717, 1.165) is 38.5 Å². The Kier molecular flexibility index (Phi) is 6.52. The van der Waals surface area contributed by atoms with Gasteiger partial charge < -0.3 is 14.9 Å². The van der Waals surface area contributed by atoms with Gasteiger partial charge in [-0.15, -0.1) is 0 Å². The second kappa shape index (κ2) is 7.67. The van der Waals surface area contributed by atoms with Gasteiger partial charge in [-0.1, -0.05) is 13.8 Å². The first kappa shape index (κ1) is 14.5. The Morgan fingerprint density at radius 3 is 2.76 bits per heavy atom. The van der Waals surface area contributed by atoms with Crippen LogP contribution in [0.3, 0.4) is 0 Å². The van der Waals surface area contributed by atoms with Gasteiger partial charge in [0.2, 0.25) is 0 Å². The highest BCUT2D eigenvalue weighted by molar-refractivity contribution is 5.66. The minimum atomic E-state index is -0.681. The number of hydrogen-bond acceptors (Lipinski definition) is 3. The molecule has 1 fully saturated rings. The SMILES string of the molecule is CCN(CCCC(=O)O)CC1CCN(CC)C1. The van der Waals surface area contributed by atoms with Crippen molar-refractivity contribution in [3.05, 3.63) is 0 Å². The van der Waals surface area contributed by atoms with Crippen LogP contribution in [0.2, 0.25) is 0 Å². The Labute approximate surface area is 105 Å². The number of nitrogens with zero attached hydrogens (tertiary/aromatic N) is 2. The zero-order valence-corrected chi connectivity index (χ0v) is 11.2. The standard InChI is InChI=1S/C13H26N2O2/c1-3-14(8-5-6-13(16)17)10-12-7-9-15(4-2)11-12/h12H,3-11H2,1-2H3,(H,16,17). The Morgan fingerprint density at radius 2 is 2.24 bits per heavy atom. The largest absolute Gasteiger partial charge is 0.481 e. The highest BCUT2D eigenvalue weighted by Crippen LogP contribution is 2.17. The molecule has 1 aliphatic rings. The van der Waals surface area contributed by atoms with Crippen molar-refractivity contribution in [3.63, 3.8) is 0 Å². The van der Waals surface area contributed by atoms with E-state index in [4.69, 9.17) is 5.11 Å². The smallest absolute Gasteiger partial charge is 0.303 e. The van der Waals surface area contributed by atoms with Crippen LogP contribution in [0.1, 0.15) is 33.1 Å². The highest BCUT2D eigenvalue weighted by Gasteiger charge is 2.22. The van der Waals surface area contributed by atoms with E-state index in [-0.39, 0.29) is 0 Å². The quantitative estimate of drug-likeness (QED) is 0.701. The van der Waals surface area contributed by atoms with Crippen LogP contribution in [0.25, 0.3) is 0 Å². The summed E-state index contributed by atoms with van der Waals surface area (Å²) in [5, 5.41) is 8.62. The van der Waals surface area contributed by atoms with Crippen LogP contribution in [-0.4, -0.2) is 60.1 Å². The third kappa shape index (κ3) is 5.50. The summed E-state index contributed by atoms with van der Waals surface area (Å²) in [7, 11) is 0. The molecule has 0 aliphatic carbocycles. The first-order valence-corrected chi connectivity index (χ1v) is 6.82. The highest BCUT2D eigenvalue weighted by atomic mass is 16.4. The summed E-state index contributed by atoms with van der Waals surface area (Å²) in [5.74, 6) is 0.0961. The third-order valence-electron chi connectivity index (χ3n) is 3.65. The minimum absolute atomic E-state index is 0.294. The normalized spacial score (nSPS) is 21.2. The second-order valence-corrected chi connectivity index (χ2v) is 4.94. The van der Waals surface area contributed by atoms with Gasteiger partial charge in [-0.05, 0) is 44.9 Å². The molecule has 0 bridgehead atoms. The van der Waals surface area contributed by atoms with Crippen LogP contribution >= 0.6 is 0 Å². The topological polar surface area (TPSA) is 43.8 Å². The van der Waals surface area contributed by atoms with E-state index in [1.54, 1.807) is 0 Å². The molecule has 1 atom stereocenters. The van der Waals surface area contributed by atoms with E-state index in [2.05, 4.69) is 23.6 Å². The van der Waals surface area contributed by atoms with Crippen molar-refractivity contribution in [2.45, 2.75) is 33.1 Å². The molecule has 1 unspecified atom stereocenters. The van der Waals surface area contributed by atoms with E-state index >= 15 is 0 Å². The van der Waals surface area contributed by atoms with Gasteiger partial charge in [0.25, 0.3) is 0 Å². The molecule has 4 heteroatoms. The average molecular weight is 242 g/mol.